The summed E-state index contributed by atoms with van der Waals surface area (Å²) >= 11 is 1.34. The third-order valence-corrected chi connectivity index (χ3v) is 4.34. The lowest BCUT2D eigenvalue weighted by atomic mass is 10.2. The quantitative estimate of drug-likeness (QED) is 0.542. The molecule has 7 nitrogen and oxygen atoms in total. The zero-order chi connectivity index (χ0) is 17.1. The Labute approximate surface area is 143 Å². The van der Waals surface area contributed by atoms with E-state index in [0.29, 0.717) is 17.6 Å². The Hall–Kier alpha value is -2.19. The molecule has 1 N–H and O–H groups in total. The van der Waals surface area contributed by atoms with E-state index < -0.39 is 0 Å². The average Bonchev–Trinajstić information content (AvgIpc) is 2.94. The first-order chi connectivity index (χ1) is 11.6. The minimum atomic E-state index is -0.0653. The van der Waals surface area contributed by atoms with Gasteiger partial charge in [0.25, 0.3) is 0 Å². The molecule has 0 unspecified atom stereocenters. The molecule has 0 aliphatic rings. The van der Waals surface area contributed by atoms with Gasteiger partial charge in [0.15, 0.2) is 10.8 Å². The summed E-state index contributed by atoms with van der Waals surface area (Å²) in [6.45, 7) is 4.23. The largest absolute Gasteiger partial charge is 0.383 e. The van der Waals surface area contributed by atoms with E-state index in [2.05, 4.69) is 20.4 Å². The van der Waals surface area contributed by atoms with Gasteiger partial charge in [0.05, 0.1) is 17.9 Å². The molecule has 0 bridgehead atoms. The van der Waals surface area contributed by atoms with Crippen LogP contribution in [0.1, 0.15) is 12.7 Å². The van der Waals surface area contributed by atoms with Gasteiger partial charge in [-0.15, -0.1) is 5.10 Å². The van der Waals surface area contributed by atoms with Gasteiger partial charge in [-0.25, -0.2) is 9.97 Å². The van der Waals surface area contributed by atoms with E-state index in [1.807, 2.05) is 38.1 Å². The molecule has 0 aliphatic heterocycles. The van der Waals surface area contributed by atoms with Crippen molar-refractivity contribution in [1.82, 2.24) is 24.9 Å². The van der Waals surface area contributed by atoms with Gasteiger partial charge in [0.2, 0.25) is 5.91 Å². The SMILES string of the molecule is COC[C@H](C)NC(=O)CSc1nc2ccccc2c2nc(C)nn12. The zero-order valence-electron chi connectivity index (χ0n) is 13.8. The van der Waals surface area contributed by atoms with E-state index in [0.717, 1.165) is 16.6 Å². The number of carbonyl (C=O) groups is 1. The number of aryl methyl sites for hydroxylation is 1. The molecule has 3 aromatic rings. The highest BCUT2D eigenvalue weighted by atomic mass is 32.2. The van der Waals surface area contributed by atoms with Crippen LogP contribution in [0.4, 0.5) is 0 Å². The number of rotatable bonds is 6. The predicted octanol–water partition coefficient (Wildman–Crippen LogP) is 1.83. The highest BCUT2D eigenvalue weighted by Gasteiger charge is 2.14. The summed E-state index contributed by atoms with van der Waals surface area (Å²) in [5.41, 5.74) is 1.60. The number of hydrogen-bond acceptors (Lipinski definition) is 6. The number of thioether (sulfide) groups is 1. The third kappa shape index (κ3) is 3.49. The molecule has 0 radical (unpaired) electrons. The number of aromatic nitrogens is 4. The maximum Gasteiger partial charge on any atom is 0.230 e. The summed E-state index contributed by atoms with van der Waals surface area (Å²) < 4.78 is 6.72. The molecule has 2 aromatic heterocycles. The van der Waals surface area contributed by atoms with Crippen LogP contribution in [0, 0.1) is 6.92 Å². The number of methoxy groups -OCH3 is 1. The van der Waals surface area contributed by atoms with Crippen LogP contribution < -0.4 is 5.32 Å². The maximum atomic E-state index is 12.0. The molecule has 0 saturated carbocycles. The molecule has 0 aliphatic carbocycles. The topological polar surface area (TPSA) is 81.4 Å². The van der Waals surface area contributed by atoms with Crippen molar-refractivity contribution in [3.05, 3.63) is 30.1 Å². The molecule has 24 heavy (non-hydrogen) atoms. The Kier molecular flexibility index (Phi) is 4.96. The van der Waals surface area contributed by atoms with Gasteiger partial charge in [-0.2, -0.15) is 4.52 Å². The lowest BCUT2D eigenvalue weighted by molar-refractivity contribution is -0.119. The number of benzene rings is 1. The van der Waals surface area contributed by atoms with Gasteiger partial charge in [-0.3, -0.25) is 4.79 Å². The van der Waals surface area contributed by atoms with Crippen molar-refractivity contribution >= 4 is 34.2 Å². The first kappa shape index (κ1) is 16.7. The number of hydrogen-bond donors (Lipinski definition) is 1. The normalized spacial score (nSPS) is 12.6. The summed E-state index contributed by atoms with van der Waals surface area (Å²) in [5, 5.41) is 8.88. The molecule has 1 aromatic carbocycles. The Morgan fingerprint density at radius 3 is 2.96 bits per heavy atom. The van der Waals surface area contributed by atoms with Crippen LogP contribution in [0.25, 0.3) is 16.6 Å². The second kappa shape index (κ2) is 7.14. The fourth-order valence-corrected chi connectivity index (χ4v) is 3.22. The van der Waals surface area contributed by atoms with E-state index >= 15 is 0 Å². The monoisotopic (exact) mass is 345 g/mol. The average molecular weight is 345 g/mol. The molecule has 1 atom stereocenters. The third-order valence-electron chi connectivity index (χ3n) is 3.41. The molecule has 0 fully saturated rings. The number of fused-ring (bicyclic) bond motifs is 3. The summed E-state index contributed by atoms with van der Waals surface area (Å²) in [7, 11) is 1.61. The van der Waals surface area contributed by atoms with Crippen molar-refractivity contribution in [2.24, 2.45) is 0 Å². The Bertz CT molecular complexity index is 879. The van der Waals surface area contributed by atoms with Gasteiger partial charge in [-0.1, -0.05) is 23.9 Å². The Balaban J connectivity index is 1.84. The number of amides is 1. The van der Waals surface area contributed by atoms with Gasteiger partial charge < -0.3 is 10.1 Å². The molecule has 0 spiro atoms. The van der Waals surface area contributed by atoms with Crippen molar-refractivity contribution < 1.29 is 9.53 Å². The number of carbonyl (C=O) groups excluding carboxylic acids is 1. The smallest absolute Gasteiger partial charge is 0.230 e. The number of ether oxygens (including phenoxy) is 1. The van der Waals surface area contributed by atoms with Crippen molar-refractivity contribution in [2.45, 2.75) is 25.0 Å². The second-order valence-corrected chi connectivity index (χ2v) is 6.46. The summed E-state index contributed by atoms with van der Waals surface area (Å²) in [6.07, 6.45) is 0. The van der Waals surface area contributed by atoms with E-state index in [1.165, 1.54) is 11.8 Å². The van der Waals surface area contributed by atoms with Crippen molar-refractivity contribution in [3.63, 3.8) is 0 Å². The van der Waals surface area contributed by atoms with E-state index in [4.69, 9.17) is 4.74 Å². The summed E-state index contributed by atoms with van der Waals surface area (Å²) in [4.78, 5) is 21.2. The predicted molar refractivity (Wildman–Crippen MR) is 93.2 cm³/mol. The summed E-state index contributed by atoms with van der Waals surface area (Å²) in [5.74, 6) is 0.866. The number of nitrogens with one attached hydrogen (secondary N) is 1. The van der Waals surface area contributed by atoms with Gasteiger partial charge in [0.1, 0.15) is 5.82 Å². The molecular formula is C16H19N5O2S. The molecule has 2 heterocycles. The second-order valence-electron chi connectivity index (χ2n) is 5.52. The zero-order valence-corrected chi connectivity index (χ0v) is 14.6. The van der Waals surface area contributed by atoms with Crippen LogP contribution in [0.3, 0.4) is 0 Å². The summed E-state index contributed by atoms with van der Waals surface area (Å²) in [6, 6.07) is 7.76. The van der Waals surface area contributed by atoms with E-state index in [-0.39, 0.29) is 17.7 Å². The van der Waals surface area contributed by atoms with Crippen molar-refractivity contribution in [1.29, 1.82) is 0 Å². The molecule has 0 saturated heterocycles. The van der Waals surface area contributed by atoms with Crippen LogP contribution in [0.2, 0.25) is 0 Å². The van der Waals surface area contributed by atoms with Crippen LogP contribution in [0.15, 0.2) is 29.4 Å². The van der Waals surface area contributed by atoms with Gasteiger partial charge in [0, 0.05) is 18.5 Å². The van der Waals surface area contributed by atoms with Crippen molar-refractivity contribution in [2.75, 3.05) is 19.5 Å². The lowest BCUT2D eigenvalue weighted by Crippen LogP contribution is -2.36. The van der Waals surface area contributed by atoms with Crippen molar-refractivity contribution in [3.8, 4) is 0 Å². The Morgan fingerprint density at radius 2 is 2.17 bits per heavy atom. The van der Waals surface area contributed by atoms with Gasteiger partial charge >= 0.3 is 0 Å². The molecular weight excluding hydrogens is 326 g/mol. The van der Waals surface area contributed by atoms with Crippen LogP contribution in [0.5, 0.6) is 0 Å². The first-order valence-corrected chi connectivity index (χ1v) is 8.60. The van der Waals surface area contributed by atoms with E-state index in [1.54, 1.807) is 11.6 Å². The molecule has 8 heteroatoms. The molecule has 1 amide bonds. The van der Waals surface area contributed by atoms with Crippen LogP contribution in [-0.4, -0.2) is 51.0 Å². The Morgan fingerprint density at radius 1 is 1.38 bits per heavy atom. The lowest BCUT2D eigenvalue weighted by Gasteiger charge is -2.12. The van der Waals surface area contributed by atoms with Gasteiger partial charge in [-0.05, 0) is 26.0 Å². The number of para-hydroxylation sites is 1. The minimum absolute atomic E-state index is 0.0266. The van der Waals surface area contributed by atoms with Crippen LogP contribution in [-0.2, 0) is 9.53 Å². The maximum absolute atomic E-state index is 12.0. The molecule has 126 valence electrons. The highest BCUT2D eigenvalue weighted by molar-refractivity contribution is 7.99. The molecule has 3 rings (SSSR count). The standard InChI is InChI=1S/C16H19N5O2S/c1-10(8-23-3)17-14(22)9-24-16-19-13-7-5-4-6-12(13)15-18-11(2)20-21(15)16/h4-7,10H,8-9H2,1-3H3,(H,17,22)/t10-/m0/s1. The van der Waals surface area contributed by atoms with E-state index in [9.17, 15) is 4.79 Å². The fourth-order valence-electron chi connectivity index (χ4n) is 2.47. The number of nitrogens with zero attached hydrogens (tertiary/aromatic N) is 4. The van der Waals surface area contributed by atoms with Crippen LogP contribution >= 0.6 is 11.8 Å². The fraction of sp³-hybridized carbons (Fsp3) is 0.375. The highest BCUT2D eigenvalue weighted by Crippen LogP contribution is 2.23. The minimum Gasteiger partial charge on any atom is -0.383 e. The first-order valence-electron chi connectivity index (χ1n) is 7.61.